The molecule has 166 valence electrons. The van der Waals surface area contributed by atoms with Gasteiger partial charge in [-0.25, -0.2) is 0 Å². The van der Waals surface area contributed by atoms with Gasteiger partial charge in [-0.15, -0.1) is 0 Å². The molecular formula is C29H28N2O2. The van der Waals surface area contributed by atoms with Crippen molar-refractivity contribution in [3.8, 4) is 0 Å². The van der Waals surface area contributed by atoms with E-state index in [1.807, 2.05) is 47.2 Å². The van der Waals surface area contributed by atoms with Gasteiger partial charge in [0.2, 0.25) is 5.91 Å². The van der Waals surface area contributed by atoms with E-state index < -0.39 is 16.5 Å². The van der Waals surface area contributed by atoms with Crippen molar-refractivity contribution in [3.05, 3.63) is 108 Å². The molecule has 0 N–H and O–H groups in total. The van der Waals surface area contributed by atoms with Crippen LogP contribution in [-0.2, 0) is 21.4 Å². The molecule has 1 spiro atoms. The zero-order chi connectivity index (χ0) is 22.7. The number of likely N-dealkylation sites (N-methyl/N-ethyl adjacent to an activating group) is 1. The Kier molecular flexibility index (Phi) is 4.32. The highest BCUT2D eigenvalue weighted by molar-refractivity contribution is 6.07. The summed E-state index contributed by atoms with van der Waals surface area (Å²) in [5.41, 5.74) is 0.814. The average molecular weight is 437 g/mol. The number of hydrogen-bond acceptors (Lipinski definition) is 2. The Bertz CT molecular complexity index is 1170. The molecule has 4 saturated heterocycles. The lowest BCUT2D eigenvalue weighted by Crippen LogP contribution is -2.86. The van der Waals surface area contributed by atoms with Gasteiger partial charge in [0.1, 0.15) is 11.1 Å². The highest BCUT2D eigenvalue weighted by Gasteiger charge is 2.77. The second kappa shape index (κ2) is 7.05. The van der Waals surface area contributed by atoms with E-state index in [9.17, 15) is 9.59 Å². The predicted octanol–water partition coefficient (Wildman–Crippen LogP) is 4.19. The standard InChI is InChI=1S/C29H28N2O2/c1-30-25(32)27-18-11-19-31(27)26(33)29(30,20-22-12-5-2-6-13-22)28(21-27,23-14-7-3-8-15-23)24-16-9-4-10-17-24/h2-10,12-17H,11,18-21H2,1H3/t27-,29+/m0/s1. The molecule has 33 heavy (non-hydrogen) atoms. The minimum Gasteiger partial charge on any atom is -0.327 e. The number of amides is 2. The van der Waals surface area contributed by atoms with E-state index >= 15 is 0 Å². The molecule has 0 radical (unpaired) electrons. The number of nitrogens with zero attached hydrogens (tertiary/aromatic N) is 2. The topological polar surface area (TPSA) is 40.6 Å². The summed E-state index contributed by atoms with van der Waals surface area (Å²) in [5, 5.41) is 0. The van der Waals surface area contributed by atoms with E-state index in [2.05, 4.69) is 60.7 Å². The van der Waals surface area contributed by atoms with E-state index in [-0.39, 0.29) is 11.8 Å². The molecule has 4 fully saturated rings. The number of rotatable bonds is 4. The molecular weight excluding hydrogens is 408 g/mol. The highest BCUT2D eigenvalue weighted by Crippen LogP contribution is 2.62. The molecule has 7 rings (SSSR count). The van der Waals surface area contributed by atoms with Gasteiger partial charge in [-0.2, -0.15) is 0 Å². The Morgan fingerprint density at radius 2 is 1.30 bits per heavy atom. The van der Waals surface area contributed by atoms with Crippen LogP contribution in [0.15, 0.2) is 91.0 Å². The molecule has 3 aromatic rings. The van der Waals surface area contributed by atoms with Gasteiger partial charge in [0, 0.05) is 20.0 Å². The van der Waals surface area contributed by atoms with Crippen molar-refractivity contribution in [1.82, 2.24) is 9.80 Å². The molecule has 0 saturated carbocycles. The van der Waals surface area contributed by atoms with Gasteiger partial charge < -0.3 is 9.80 Å². The number of carbonyl (C=O) groups excluding carboxylic acids is 2. The fourth-order valence-electron chi connectivity index (χ4n) is 7.09. The molecule has 2 atom stereocenters. The maximum Gasteiger partial charge on any atom is 0.251 e. The average Bonchev–Trinajstić information content (AvgIpc) is 3.31. The molecule has 2 amide bonds. The molecule has 2 bridgehead atoms. The van der Waals surface area contributed by atoms with Gasteiger partial charge in [0.25, 0.3) is 5.91 Å². The molecule has 4 aliphatic heterocycles. The number of piperazine rings is 1. The summed E-state index contributed by atoms with van der Waals surface area (Å²) in [6, 6.07) is 31.0. The SMILES string of the molecule is CN1C(=O)[C@@]23CCCN2C(=O)[C@]1(Cc1ccccc1)C(c1ccccc1)(c1ccccc1)C3. The van der Waals surface area contributed by atoms with Crippen LogP contribution in [-0.4, -0.2) is 46.3 Å². The molecule has 4 heteroatoms. The third-order valence-electron chi connectivity index (χ3n) is 8.46. The first kappa shape index (κ1) is 20.2. The van der Waals surface area contributed by atoms with E-state index in [0.717, 1.165) is 29.5 Å². The second-order valence-electron chi connectivity index (χ2n) is 9.79. The summed E-state index contributed by atoms with van der Waals surface area (Å²) in [5.74, 6) is 0.183. The first-order valence-corrected chi connectivity index (χ1v) is 11.8. The molecule has 0 aromatic heterocycles. The summed E-state index contributed by atoms with van der Waals surface area (Å²) in [6.45, 7) is 0.661. The smallest absolute Gasteiger partial charge is 0.251 e. The lowest BCUT2D eigenvalue weighted by Gasteiger charge is -2.68. The van der Waals surface area contributed by atoms with E-state index in [1.165, 1.54) is 0 Å². The van der Waals surface area contributed by atoms with Gasteiger partial charge in [-0.3, -0.25) is 9.59 Å². The van der Waals surface area contributed by atoms with Crippen molar-refractivity contribution in [3.63, 3.8) is 0 Å². The van der Waals surface area contributed by atoms with Crippen molar-refractivity contribution in [1.29, 1.82) is 0 Å². The van der Waals surface area contributed by atoms with Crippen molar-refractivity contribution in [2.75, 3.05) is 13.6 Å². The van der Waals surface area contributed by atoms with Crippen LogP contribution >= 0.6 is 0 Å². The van der Waals surface area contributed by atoms with Gasteiger partial charge >= 0.3 is 0 Å². The molecule has 4 heterocycles. The lowest BCUT2D eigenvalue weighted by atomic mass is 9.48. The van der Waals surface area contributed by atoms with Crippen molar-refractivity contribution in [2.24, 2.45) is 0 Å². The number of carbonyl (C=O) groups is 2. The van der Waals surface area contributed by atoms with Crippen LogP contribution in [0.2, 0.25) is 0 Å². The summed E-state index contributed by atoms with van der Waals surface area (Å²) < 4.78 is 0. The first-order chi connectivity index (χ1) is 16.1. The van der Waals surface area contributed by atoms with Crippen LogP contribution in [0, 0.1) is 0 Å². The first-order valence-electron chi connectivity index (χ1n) is 11.8. The maximum atomic E-state index is 14.6. The van der Waals surface area contributed by atoms with Crippen molar-refractivity contribution in [2.45, 2.75) is 42.2 Å². The maximum absolute atomic E-state index is 14.6. The van der Waals surface area contributed by atoms with Gasteiger partial charge in [0.15, 0.2) is 0 Å². The Morgan fingerprint density at radius 3 is 1.88 bits per heavy atom. The van der Waals surface area contributed by atoms with Crippen molar-refractivity contribution >= 4 is 11.8 Å². The van der Waals surface area contributed by atoms with E-state index in [4.69, 9.17) is 0 Å². The Morgan fingerprint density at radius 1 is 0.758 bits per heavy atom. The quantitative estimate of drug-likeness (QED) is 0.615. The molecule has 4 aliphatic rings. The van der Waals surface area contributed by atoms with Crippen molar-refractivity contribution < 1.29 is 9.59 Å². The molecule has 3 aromatic carbocycles. The molecule has 0 aliphatic carbocycles. The lowest BCUT2D eigenvalue weighted by molar-refractivity contribution is -0.195. The minimum atomic E-state index is -1.04. The summed E-state index contributed by atoms with van der Waals surface area (Å²) in [4.78, 5) is 32.4. The van der Waals surface area contributed by atoms with Crippen LogP contribution in [0.5, 0.6) is 0 Å². The number of piperidine rings is 2. The third-order valence-corrected chi connectivity index (χ3v) is 8.46. The van der Waals surface area contributed by atoms with Crippen LogP contribution in [0.25, 0.3) is 0 Å². The summed E-state index contributed by atoms with van der Waals surface area (Å²) in [7, 11) is 1.86. The van der Waals surface area contributed by atoms with Crippen LogP contribution < -0.4 is 0 Å². The van der Waals surface area contributed by atoms with Gasteiger partial charge in [-0.1, -0.05) is 91.0 Å². The van der Waals surface area contributed by atoms with Crippen LogP contribution in [0.1, 0.15) is 36.0 Å². The second-order valence-corrected chi connectivity index (χ2v) is 9.79. The Hall–Kier alpha value is -3.40. The zero-order valence-corrected chi connectivity index (χ0v) is 18.9. The Labute approximate surface area is 194 Å². The van der Waals surface area contributed by atoms with Crippen LogP contribution in [0.3, 0.4) is 0 Å². The predicted molar refractivity (Wildman–Crippen MR) is 128 cm³/mol. The van der Waals surface area contributed by atoms with Gasteiger partial charge in [-0.05, 0) is 36.0 Å². The molecule has 4 nitrogen and oxygen atoms in total. The fraction of sp³-hybridized carbons (Fsp3) is 0.310. The fourth-order valence-corrected chi connectivity index (χ4v) is 7.09. The summed E-state index contributed by atoms with van der Waals surface area (Å²) >= 11 is 0. The third kappa shape index (κ3) is 2.41. The summed E-state index contributed by atoms with van der Waals surface area (Å²) in [6.07, 6.45) is 2.69. The highest BCUT2D eigenvalue weighted by atomic mass is 16.2. The largest absolute Gasteiger partial charge is 0.327 e. The van der Waals surface area contributed by atoms with Crippen LogP contribution in [0.4, 0.5) is 0 Å². The van der Waals surface area contributed by atoms with E-state index in [1.54, 1.807) is 0 Å². The monoisotopic (exact) mass is 436 g/mol. The minimum absolute atomic E-state index is 0.0879. The molecule has 0 unspecified atom stereocenters. The normalized spacial score (nSPS) is 27.7. The number of hydrogen-bond donors (Lipinski definition) is 0. The van der Waals surface area contributed by atoms with E-state index in [0.29, 0.717) is 19.4 Å². The van der Waals surface area contributed by atoms with Gasteiger partial charge in [0.05, 0.1) is 5.41 Å². The Balaban J connectivity index is 1.72. The number of fused-ring (bicyclic) bond motifs is 2. The zero-order valence-electron chi connectivity index (χ0n) is 18.9. The number of benzene rings is 3.